The molecule has 0 unspecified atom stereocenters. The van der Waals surface area contributed by atoms with Crippen LogP contribution in [0.4, 0.5) is 0 Å². The van der Waals surface area contributed by atoms with Crippen LogP contribution in [0.15, 0.2) is 64.2 Å². The lowest BCUT2D eigenvalue weighted by Crippen LogP contribution is -2.41. The van der Waals surface area contributed by atoms with Crippen LogP contribution in [0.3, 0.4) is 0 Å². The molecule has 33 heavy (non-hydrogen) atoms. The Hall–Kier alpha value is -4.20. The lowest BCUT2D eigenvalue weighted by molar-refractivity contribution is 0.0602. The van der Waals surface area contributed by atoms with Gasteiger partial charge in [-0.2, -0.15) is 0 Å². The molecule has 2 aromatic carbocycles. The van der Waals surface area contributed by atoms with Crippen molar-refractivity contribution in [2.45, 2.75) is 20.4 Å². The molecule has 0 fully saturated rings. The summed E-state index contributed by atoms with van der Waals surface area (Å²) in [6, 6.07) is 16.0. The molecule has 4 aromatic rings. The molecule has 8 heteroatoms. The molecule has 4 rings (SSSR count). The highest BCUT2D eigenvalue weighted by molar-refractivity contribution is 6.02. The lowest BCUT2D eigenvalue weighted by Gasteiger charge is -2.17. The molecule has 0 aliphatic heterocycles. The number of pyridine rings is 1. The van der Waals surface area contributed by atoms with Crippen molar-refractivity contribution in [2.75, 3.05) is 14.2 Å². The van der Waals surface area contributed by atoms with Crippen LogP contribution < -0.4 is 16.0 Å². The fourth-order valence-corrected chi connectivity index (χ4v) is 3.90. The molecule has 0 bridgehead atoms. The number of hydrogen-bond donors (Lipinski definition) is 0. The summed E-state index contributed by atoms with van der Waals surface area (Å²) >= 11 is 0. The number of nitrogens with zero attached hydrogens (tertiary/aromatic N) is 3. The Morgan fingerprint density at radius 3 is 2.45 bits per heavy atom. The molecule has 8 nitrogen and oxygen atoms in total. The van der Waals surface area contributed by atoms with Crippen LogP contribution in [0, 0.1) is 13.8 Å². The van der Waals surface area contributed by atoms with Crippen molar-refractivity contribution in [3.63, 3.8) is 0 Å². The summed E-state index contributed by atoms with van der Waals surface area (Å²) in [5, 5.41) is 0.00519. The summed E-state index contributed by atoms with van der Waals surface area (Å²) in [6.07, 6.45) is 0. The number of carbonyl (C=O) groups excluding carboxylic acids is 1. The number of carbonyl (C=O) groups is 1. The highest BCUT2D eigenvalue weighted by Gasteiger charge is 2.24. The summed E-state index contributed by atoms with van der Waals surface area (Å²) in [5.41, 5.74) is 1.55. The summed E-state index contributed by atoms with van der Waals surface area (Å²) in [6.45, 7) is 3.64. The smallest absolute Gasteiger partial charge is 0.338 e. The normalized spacial score (nSPS) is 10.9. The molecule has 168 valence electrons. The number of benzene rings is 2. The van der Waals surface area contributed by atoms with Crippen molar-refractivity contribution in [3.8, 4) is 11.4 Å². The number of esters is 1. The standard InChI is InChI=1S/C25H23N3O5/c1-15-8-7-9-17(12-15)14-27-23(29)21-18(24(30)33-4)13-16(2)26-22(21)28(25(27)31)19-10-5-6-11-20(19)32-3/h5-13H,14H2,1-4H3. The van der Waals surface area contributed by atoms with Gasteiger partial charge in [0.15, 0.2) is 5.65 Å². The van der Waals surface area contributed by atoms with E-state index in [1.807, 2.05) is 31.2 Å². The average Bonchev–Trinajstić information content (AvgIpc) is 2.81. The molecule has 2 aromatic heterocycles. The molecule has 0 N–H and O–H groups in total. The number of aryl methyl sites for hydroxylation is 2. The number of methoxy groups -OCH3 is 2. The maximum atomic E-state index is 13.7. The van der Waals surface area contributed by atoms with Gasteiger partial charge in [-0.3, -0.25) is 9.36 Å². The van der Waals surface area contributed by atoms with Gasteiger partial charge in [-0.25, -0.2) is 19.1 Å². The number of rotatable bonds is 5. The van der Waals surface area contributed by atoms with Crippen LogP contribution in [0.2, 0.25) is 0 Å². The van der Waals surface area contributed by atoms with E-state index in [-0.39, 0.29) is 23.1 Å². The maximum absolute atomic E-state index is 13.7. The van der Waals surface area contributed by atoms with Crippen LogP contribution in [0.5, 0.6) is 5.75 Å². The minimum atomic E-state index is -0.685. The van der Waals surface area contributed by atoms with Crippen molar-refractivity contribution in [1.29, 1.82) is 0 Å². The molecule has 0 saturated carbocycles. The second kappa shape index (κ2) is 8.74. The van der Waals surface area contributed by atoms with Crippen molar-refractivity contribution < 1.29 is 14.3 Å². The number of hydrogen-bond acceptors (Lipinski definition) is 6. The van der Waals surface area contributed by atoms with E-state index in [1.54, 1.807) is 31.2 Å². The van der Waals surface area contributed by atoms with Gasteiger partial charge in [0.2, 0.25) is 0 Å². The van der Waals surface area contributed by atoms with E-state index in [1.165, 1.54) is 24.9 Å². The number of ether oxygens (including phenoxy) is 2. The van der Waals surface area contributed by atoms with Gasteiger partial charge in [-0.1, -0.05) is 42.0 Å². The molecular formula is C25H23N3O5. The Bertz CT molecular complexity index is 1500. The highest BCUT2D eigenvalue weighted by Crippen LogP contribution is 2.25. The zero-order valence-electron chi connectivity index (χ0n) is 18.8. The third-order valence-electron chi connectivity index (χ3n) is 5.38. The average molecular weight is 445 g/mol. The Morgan fingerprint density at radius 2 is 1.76 bits per heavy atom. The van der Waals surface area contributed by atoms with E-state index in [0.29, 0.717) is 17.1 Å². The van der Waals surface area contributed by atoms with Gasteiger partial charge in [-0.15, -0.1) is 0 Å². The predicted octanol–water partition coefficient (Wildman–Crippen LogP) is 3.01. The molecule has 0 aliphatic rings. The fraction of sp³-hybridized carbons (Fsp3) is 0.200. The van der Waals surface area contributed by atoms with Gasteiger partial charge < -0.3 is 9.47 Å². The van der Waals surface area contributed by atoms with E-state index >= 15 is 0 Å². The molecule has 2 heterocycles. The van der Waals surface area contributed by atoms with Crippen LogP contribution in [0.25, 0.3) is 16.7 Å². The molecule has 0 spiro atoms. The first-order valence-electron chi connectivity index (χ1n) is 10.3. The molecular weight excluding hydrogens is 422 g/mol. The first-order valence-corrected chi connectivity index (χ1v) is 10.3. The second-order valence-corrected chi connectivity index (χ2v) is 7.67. The van der Waals surface area contributed by atoms with E-state index in [9.17, 15) is 14.4 Å². The summed E-state index contributed by atoms with van der Waals surface area (Å²) in [7, 11) is 2.73. The first-order chi connectivity index (χ1) is 15.8. The molecule has 0 radical (unpaired) electrons. The van der Waals surface area contributed by atoms with E-state index in [2.05, 4.69) is 4.98 Å². The molecule has 0 atom stereocenters. The Morgan fingerprint density at radius 1 is 1.00 bits per heavy atom. The fourth-order valence-electron chi connectivity index (χ4n) is 3.90. The lowest BCUT2D eigenvalue weighted by atomic mass is 10.1. The van der Waals surface area contributed by atoms with Gasteiger partial charge in [0.25, 0.3) is 5.56 Å². The molecule has 0 saturated heterocycles. The number of para-hydroxylation sites is 2. The first kappa shape index (κ1) is 22.0. The largest absolute Gasteiger partial charge is 0.495 e. The second-order valence-electron chi connectivity index (χ2n) is 7.67. The zero-order valence-corrected chi connectivity index (χ0v) is 18.8. The van der Waals surface area contributed by atoms with Crippen LogP contribution in [-0.2, 0) is 11.3 Å². The molecule has 0 amide bonds. The van der Waals surface area contributed by atoms with Crippen LogP contribution >= 0.6 is 0 Å². The molecule has 0 aliphatic carbocycles. The van der Waals surface area contributed by atoms with Crippen molar-refractivity contribution >= 4 is 17.0 Å². The van der Waals surface area contributed by atoms with E-state index in [0.717, 1.165) is 15.7 Å². The summed E-state index contributed by atoms with van der Waals surface area (Å²) < 4.78 is 12.8. The third-order valence-corrected chi connectivity index (χ3v) is 5.38. The van der Waals surface area contributed by atoms with Crippen molar-refractivity contribution in [3.05, 3.63) is 97.8 Å². The van der Waals surface area contributed by atoms with E-state index in [4.69, 9.17) is 9.47 Å². The Labute approximate surface area is 189 Å². The Kier molecular flexibility index (Phi) is 5.83. The monoisotopic (exact) mass is 445 g/mol. The topological polar surface area (TPSA) is 92.4 Å². The van der Waals surface area contributed by atoms with Crippen LogP contribution in [0.1, 0.15) is 27.2 Å². The van der Waals surface area contributed by atoms with Gasteiger partial charge >= 0.3 is 11.7 Å². The highest BCUT2D eigenvalue weighted by atomic mass is 16.5. The Balaban J connectivity index is 2.17. The van der Waals surface area contributed by atoms with Gasteiger partial charge in [-0.05, 0) is 37.6 Å². The number of aromatic nitrogens is 3. The van der Waals surface area contributed by atoms with Crippen molar-refractivity contribution in [2.24, 2.45) is 0 Å². The minimum absolute atomic E-state index is 0.00519. The SMILES string of the molecule is COC(=O)c1cc(C)nc2c1c(=O)n(Cc1cccc(C)c1)c(=O)n2-c1ccccc1OC. The maximum Gasteiger partial charge on any atom is 0.338 e. The number of fused-ring (bicyclic) bond motifs is 1. The summed E-state index contributed by atoms with van der Waals surface area (Å²) in [5.74, 6) is -0.264. The van der Waals surface area contributed by atoms with Crippen molar-refractivity contribution in [1.82, 2.24) is 14.1 Å². The quantitative estimate of drug-likeness (QED) is 0.439. The van der Waals surface area contributed by atoms with Crippen LogP contribution in [-0.4, -0.2) is 34.3 Å². The zero-order chi connectivity index (χ0) is 23.7. The van der Waals surface area contributed by atoms with Gasteiger partial charge in [0.05, 0.1) is 37.4 Å². The third kappa shape index (κ3) is 3.91. The van der Waals surface area contributed by atoms with Gasteiger partial charge in [0.1, 0.15) is 5.75 Å². The predicted molar refractivity (Wildman–Crippen MR) is 125 cm³/mol. The van der Waals surface area contributed by atoms with Gasteiger partial charge in [0, 0.05) is 5.69 Å². The minimum Gasteiger partial charge on any atom is -0.495 e. The summed E-state index contributed by atoms with van der Waals surface area (Å²) in [4.78, 5) is 44.4. The van der Waals surface area contributed by atoms with E-state index < -0.39 is 17.2 Å².